The maximum absolute atomic E-state index is 11.4. The van der Waals surface area contributed by atoms with Gasteiger partial charge in [0.1, 0.15) is 18.1 Å². The lowest BCUT2D eigenvalue weighted by Gasteiger charge is -2.04. The van der Waals surface area contributed by atoms with E-state index >= 15 is 0 Å². The van der Waals surface area contributed by atoms with E-state index in [1.165, 1.54) is 5.56 Å². The smallest absolute Gasteiger partial charge is 0.301 e. The molecule has 1 heterocycles. The Morgan fingerprint density at radius 2 is 2.05 bits per heavy atom. The third kappa shape index (κ3) is 3.19. The number of carbonyl (C=O) groups is 1. The lowest BCUT2D eigenvalue weighted by atomic mass is 10.2. The van der Waals surface area contributed by atoms with Gasteiger partial charge in [-0.25, -0.2) is 5.84 Å². The normalized spacial score (nSPS) is 10.3. The van der Waals surface area contributed by atoms with E-state index in [1.54, 1.807) is 13.0 Å². The Morgan fingerprint density at radius 3 is 2.65 bits per heavy atom. The largest absolute Gasteiger partial charge is 0.486 e. The van der Waals surface area contributed by atoms with Crippen molar-refractivity contribution in [3.8, 4) is 5.75 Å². The topological polar surface area (TPSA) is 77.5 Å². The number of amides is 1. The molecule has 0 bridgehead atoms. The summed E-state index contributed by atoms with van der Waals surface area (Å²) >= 11 is 0. The van der Waals surface area contributed by atoms with Gasteiger partial charge in [-0.1, -0.05) is 19.1 Å². The molecule has 5 nitrogen and oxygen atoms in total. The van der Waals surface area contributed by atoms with Crippen molar-refractivity contribution in [2.45, 2.75) is 26.9 Å². The first-order valence-corrected chi connectivity index (χ1v) is 6.46. The maximum atomic E-state index is 11.4. The van der Waals surface area contributed by atoms with Crippen molar-refractivity contribution >= 4 is 5.91 Å². The Bertz CT molecular complexity index is 588. The number of hydrogen-bond acceptors (Lipinski definition) is 4. The Labute approximate surface area is 117 Å². The molecule has 3 N–H and O–H groups in total. The average molecular weight is 274 g/mol. The van der Waals surface area contributed by atoms with Crippen LogP contribution >= 0.6 is 0 Å². The van der Waals surface area contributed by atoms with E-state index in [9.17, 15) is 4.79 Å². The minimum atomic E-state index is -0.443. The minimum Gasteiger partial charge on any atom is -0.486 e. The van der Waals surface area contributed by atoms with E-state index in [1.807, 2.05) is 29.7 Å². The third-order valence-corrected chi connectivity index (χ3v) is 3.02. The summed E-state index contributed by atoms with van der Waals surface area (Å²) in [6.45, 7) is 4.16. The lowest BCUT2D eigenvalue weighted by Crippen LogP contribution is -2.30. The van der Waals surface area contributed by atoms with Crippen LogP contribution in [0.25, 0.3) is 0 Å². The molecule has 5 heteroatoms. The molecule has 2 aromatic rings. The number of nitrogen functional groups attached to an aromatic ring is 1. The first kappa shape index (κ1) is 14.1. The second-order valence-corrected chi connectivity index (χ2v) is 4.48. The van der Waals surface area contributed by atoms with Crippen LogP contribution in [0.4, 0.5) is 0 Å². The minimum absolute atomic E-state index is 0.215. The summed E-state index contributed by atoms with van der Waals surface area (Å²) in [5, 5.41) is 0. The average Bonchev–Trinajstić information content (AvgIpc) is 2.86. The van der Waals surface area contributed by atoms with Gasteiger partial charge in [-0.2, -0.15) is 0 Å². The highest BCUT2D eigenvalue weighted by Crippen LogP contribution is 2.18. The maximum Gasteiger partial charge on any atom is 0.301 e. The van der Waals surface area contributed by atoms with E-state index in [4.69, 9.17) is 15.0 Å². The van der Waals surface area contributed by atoms with Crippen molar-refractivity contribution in [2.24, 2.45) is 5.84 Å². The third-order valence-electron chi connectivity index (χ3n) is 3.02. The molecule has 0 aliphatic rings. The summed E-state index contributed by atoms with van der Waals surface area (Å²) in [5.74, 6) is 6.20. The molecule has 20 heavy (non-hydrogen) atoms. The number of carbonyl (C=O) groups excluding carboxylic acids is 1. The molecular formula is C15H18N2O3. The number of hydrogen-bond donors (Lipinski definition) is 2. The van der Waals surface area contributed by atoms with Crippen LogP contribution in [-0.2, 0) is 13.0 Å². The van der Waals surface area contributed by atoms with Crippen LogP contribution in [0.2, 0.25) is 0 Å². The standard InChI is InChI=1S/C15H18N2O3/c1-3-11-4-6-12(7-5-11)19-9-13-8-10(2)14(20-13)15(18)17-16/h4-8H,3,9,16H2,1-2H3,(H,17,18). The van der Waals surface area contributed by atoms with Gasteiger partial charge in [-0.05, 0) is 37.1 Å². The molecule has 0 aliphatic heterocycles. The van der Waals surface area contributed by atoms with Gasteiger partial charge in [0.15, 0.2) is 5.76 Å². The van der Waals surface area contributed by atoms with Crippen LogP contribution in [0.3, 0.4) is 0 Å². The van der Waals surface area contributed by atoms with Gasteiger partial charge in [0.05, 0.1) is 0 Å². The molecule has 0 saturated carbocycles. The molecule has 0 unspecified atom stereocenters. The second-order valence-electron chi connectivity index (χ2n) is 4.48. The molecule has 2 rings (SSSR count). The number of rotatable bonds is 5. The Hall–Kier alpha value is -2.27. The van der Waals surface area contributed by atoms with E-state index in [-0.39, 0.29) is 12.4 Å². The first-order valence-electron chi connectivity index (χ1n) is 6.46. The summed E-state index contributed by atoms with van der Waals surface area (Å²) in [6.07, 6.45) is 0.995. The number of nitrogens with one attached hydrogen (secondary N) is 1. The van der Waals surface area contributed by atoms with Gasteiger partial charge in [-0.3, -0.25) is 10.2 Å². The number of hydrazine groups is 1. The molecule has 0 spiro atoms. The summed E-state index contributed by atoms with van der Waals surface area (Å²) in [7, 11) is 0. The van der Waals surface area contributed by atoms with Crippen LogP contribution < -0.4 is 16.0 Å². The molecule has 0 radical (unpaired) electrons. The zero-order valence-corrected chi connectivity index (χ0v) is 11.6. The van der Waals surface area contributed by atoms with Gasteiger partial charge in [-0.15, -0.1) is 0 Å². The number of ether oxygens (including phenoxy) is 1. The zero-order valence-electron chi connectivity index (χ0n) is 11.6. The van der Waals surface area contributed by atoms with Crippen molar-refractivity contribution in [3.63, 3.8) is 0 Å². The second kappa shape index (κ2) is 6.25. The van der Waals surface area contributed by atoms with Crippen molar-refractivity contribution in [3.05, 3.63) is 53.0 Å². The highest BCUT2D eigenvalue weighted by molar-refractivity contribution is 5.92. The molecule has 106 valence electrons. The van der Waals surface area contributed by atoms with E-state index in [0.717, 1.165) is 17.7 Å². The number of nitrogens with two attached hydrogens (primary N) is 1. The van der Waals surface area contributed by atoms with Gasteiger partial charge >= 0.3 is 5.91 Å². The fourth-order valence-corrected chi connectivity index (χ4v) is 1.89. The van der Waals surface area contributed by atoms with Crippen LogP contribution in [-0.4, -0.2) is 5.91 Å². The van der Waals surface area contributed by atoms with Crippen molar-refractivity contribution in [1.29, 1.82) is 0 Å². The predicted octanol–water partition coefficient (Wildman–Crippen LogP) is 2.33. The van der Waals surface area contributed by atoms with Crippen molar-refractivity contribution in [1.82, 2.24) is 5.43 Å². The molecule has 1 amide bonds. The van der Waals surface area contributed by atoms with Gasteiger partial charge in [0.2, 0.25) is 0 Å². The molecular weight excluding hydrogens is 256 g/mol. The van der Waals surface area contributed by atoms with Crippen LogP contribution in [0.15, 0.2) is 34.7 Å². The quantitative estimate of drug-likeness (QED) is 0.498. The number of benzene rings is 1. The lowest BCUT2D eigenvalue weighted by molar-refractivity contribution is 0.0921. The van der Waals surface area contributed by atoms with Crippen molar-refractivity contribution < 1.29 is 13.9 Å². The Kier molecular flexibility index (Phi) is 4.42. The molecule has 1 aromatic heterocycles. The summed E-state index contributed by atoms with van der Waals surface area (Å²) in [4.78, 5) is 11.4. The van der Waals surface area contributed by atoms with E-state index in [2.05, 4.69) is 6.92 Å². The fraction of sp³-hybridized carbons (Fsp3) is 0.267. The van der Waals surface area contributed by atoms with Crippen LogP contribution in [0.5, 0.6) is 5.75 Å². The van der Waals surface area contributed by atoms with Gasteiger partial charge in [0.25, 0.3) is 0 Å². The predicted molar refractivity (Wildman–Crippen MR) is 75.3 cm³/mol. The van der Waals surface area contributed by atoms with Crippen LogP contribution in [0.1, 0.15) is 34.4 Å². The Balaban J connectivity index is 2.01. The molecule has 0 aliphatic carbocycles. The summed E-state index contributed by atoms with van der Waals surface area (Å²) in [6, 6.07) is 9.65. The summed E-state index contributed by atoms with van der Waals surface area (Å²) in [5.41, 5.74) is 4.04. The SMILES string of the molecule is CCc1ccc(OCc2cc(C)c(C(=O)NN)o2)cc1. The molecule has 0 fully saturated rings. The van der Waals surface area contributed by atoms with E-state index in [0.29, 0.717) is 5.76 Å². The highest BCUT2D eigenvalue weighted by Gasteiger charge is 2.14. The molecule has 0 saturated heterocycles. The highest BCUT2D eigenvalue weighted by atomic mass is 16.5. The van der Waals surface area contributed by atoms with Gasteiger partial charge < -0.3 is 9.15 Å². The van der Waals surface area contributed by atoms with Crippen LogP contribution in [0, 0.1) is 6.92 Å². The van der Waals surface area contributed by atoms with Crippen molar-refractivity contribution in [2.75, 3.05) is 0 Å². The fourth-order valence-electron chi connectivity index (χ4n) is 1.89. The number of furan rings is 1. The Morgan fingerprint density at radius 1 is 1.35 bits per heavy atom. The molecule has 0 atom stereocenters. The van der Waals surface area contributed by atoms with E-state index < -0.39 is 5.91 Å². The number of aryl methyl sites for hydroxylation is 2. The molecule has 1 aromatic carbocycles. The first-order chi connectivity index (χ1) is 9.63. The zero-order chi connectivity index (χ0) is 14.5. The summed E-state index contributed by atoms with van der Waals surface area (Å²) < 4.78 is 11.0. The van der Waals surface area contributed by atoms with Gasteiger partial charge in [0, 0.05) is 5.56 Å². The monoisotopic (exact) mass is 274 g/mol.